The normalized spacial score (nSPS) is 13.0. The first-order valence-corrected chi connectivity index (χ1v) is 29.4. The van der Waals surface area contributed by atoms with Crippen LogP contribution in [0.5, 0.6) is 0 Å². The van der Waals surface area contributed by atoms with Gasteiger partial charge in [0.25, 0.3) is 0 Å². The summed E-state index contributed by atoms with van der Waals surface area (Å²) < 4.78 is 56.5. The Morgan fingerprint density at radius 3 is 0.920 bits per heavy atom. The van der Waals surface area contributed by atoms with Crippen molar-refractivity contribution in [2.75, 3.05) is 39.3 Å². The van der Waals surface area contributed by atoms with E-state index in [0.29, 0.717) is 31.8 Å². The van der Waals surface area contributed by atoms with Gasteiger partial charge >= 0.3 is 11.9 Å². The molecule has 0 aliphatic heterocycles. The summed E-state index contributed by atoms with van der Waals surface area (Å²) in [5.74, 6) is -0.885. The van der Waals surface area contributed by atoms with Crippen LogP contribution in [0.4, 0.5) is 11.9 Å². The number of hydrogen-bond acceptors (Lipinski definition) is 11. The molecule has 0 spiro atoms. The Balaban J connectivity index is 1.16. The molecule has 2 N–H and O–H groups in total. The second kappa shape index (κ2) is 25.0. The van der Waals surface area contributed by atoms with Crippen molar-refractivity contribution in [2.24, 2.45) is 0 Å². The van der Waals surface area contributed by atoms with Crippen LogP contribution < -0.4 is 31.8 Å². The molecule has 2 aromatic heterocycles. The van der Waals surface area contributed by atoms with E-state index in [4.69, 9.17) is 0 Å². The number of aliphatic hydroxyl groups excluding tert-OH is 2. The summed E-state index contributed by atoms with van der Waals surface area (Å²) in [6.07, 6.45) is 3.43. The molecule has 388 valence electrons. The zero-order valence-electron chi connectivity index (χ0n) is 41.0. The summed E-state index contributed by atoms with van der Waals surface area (Å²) in [7, 11) is -11.2. The minimum atomic E-state index is -3.76. The van der Waals surface area contributed by atoms with Crippen molar-refractivity contribution >= 4 is 65.6 Å². The number of hydrogen-bond donors (Lipinski definition) is 2. The van der Waals surface area contributed by atoms with Crippen LogP contribution in [0.1, 0.15) is 12.8 Å². The number of aliphatic hydroxyl groups is 2. The third kappa shape index (κ3) is 12.4. The first-order valence-electron chi connectivity index (χ1n) is 24.4. The van der Waals surface area contributed by atoms with Crippen LogP contribution >= 0.6 is 21.9 Å². The molecule has 0 radical (unpaired) electrons. The Morgan fingerprint density at radius 1 is 0.427 bits per heavy atom. The standard InChI is InChI=1S/C54H58N9O9P3/c64-45(41-57-39-33-55-53(57)62(66)67)43-60(74(71,49-25-11-3-12-26-49)50-27-13-4-14-28-50)37-19-35-59(73(70,47-21-7-1-8-22-47)48-23-9-2-10-24-48)36-20-38-61(44-46(65)42-58-40-34-56-54(58)63(68)69)75(72,51-29-15-5-16-30-51)52-31-17-6-18-32-52/h1-18,21-34,39-40,45-46,64-65H,19-20,35-38,41-44H2. The molecule has 0 amide bonds. The van der Waals surface area contributed by atoms with E-state index in [-0.39, 0.29) is 65.2 Å². The van der Waals surface area contributed by atoms with Gasteiger partial charge < -0.3 is 30.4 Å². The Hall–Kier alpha value is -6.97. The minimum Gasteiger partial charge on any atom is -0.390 e. The van der Waals surface area contributed by atoms with Gasteiger partial charge in [0.1, 0.15) is 24.8 Å². The molecule has 0 aliphatic carbocycles. The highest BCUT2D eigenvalue weighted by atomic mass is 31.2. The average molecular weight is 1070 g/mol. The lowest BCUT2D eigenvalue weighted by atomic mass is 10.3. The van der Waals surface area contributed by atoms with Crippen molar-refractivity contribution in [2.45, 2.75) is 38.1 Å². The van der Waals surface area contributed by atoms with E-state index in [1.165, 1.54) is 33.9 Å². The van der Waals surface area contributed by atoms with Crippen molar-refractivity contribution in [3.8, 4) is 0 Å². The Labute approximate surface area is 435 Å². The van der Waals surface area contributed by atoms with Crippen LogP contribution in [0.25, 0.3) is 0 Å². The van der Waals surface area contributed by atoms with Gasteiger partial charge in [0, 0.05) is 71.1 Å². The number of nitrogens with zero attached hydrogens (tertiary/aromatic N) is 9. The van der Waals surface area contributed by atoms with E-state index in [0.717, 1.165) is 0 Å². The molecule has 2 heterocycles. The average Bonchev–Trinajstić information content (AvgIpc) is 4.13. The zero-order valence-corrected chi connectivity index (χ0v) is 43.7. The molecule has 0 saturated carbocycles. The molecule has 8 aromatic rings. The Bertz CT molecular complexity index is 2950. The molecule has 0 fully saturated rings. The van der Waals surface area contributed by atoms with Gasteiger partial charge in [-0.15, -0.1) is 0 Å². The number of aromatic nitrogens is 4. The quantitative estimate of drug-likeness (QED) is 0.0308. The van der Waals surface area contributed by atoms with Gasteiger partial charge in [0.15, 0.2) is 0 Å². The van der Waals surface area contributed by atoms with Crippen molar-refractivity contribution in [1.29, 1.82) is 0 Å². The highest BCUT2D eigenvalue weighted by molar-refractivity contribution is 7.77. The predicted octanol–water partition coefficient (Wildman–Crippen LogP) is 6.79. The first kappa shape index (κ1) is 54.3. The fraction of sp³-hybridized carbons (Fsp3) is 0.222. The fourth-order valence-corrected chi connectivity index (χ4v) is 18.3. The van der Waals surface area contributed by atoms with E-state index >= 15 is 13.7 Å². The summed E-state index contributed by atoms with van der Waals surface area (Å²) in [4.78, 5) is 30.1. The largest absolute Gasteiger partial charge is 0.434 e. The second-order valence-electron chi connectivity index (χ2n) is 17.8. The molecule has 2 unspecified atom stereocenters. The lowest BCUT2D eigenvalue weighted by molar-refractivity contribution is -0.397. The summed E-state index contributed by atoms with van der Waals surface area (Å²) >= 11 is 0. The van der Waals surface area contributed by atoms with Gasteiger partial charge in [-0.2, -0.15) is 0 Å². The highest BCUT2D eigenvalue weighted by Gasteiger charge is 2.40. The third-order valence-corrected chi connectivity index (χ3v) is 22.4. The smallest absolute Gasteiger partial charge is 0.390 e. The highest BCUT2D eigenvalue weighted by Crippen LogP contribution is 2.51. The zero-order chi connectivity index (χ0) is 52.8. The molecule has 2 atom stereocenters. The van der Waals surface area contributed by atoms with E-state index < -0.39 is 55.8 Å². The molecular formula is C54H58N9O9P3. The van der Waals surface area contributed by atoms with Crippen molar-refractivity contribution in [1.82, 2.24) is 33.1 Å². The first-order chi connectivity index (χ1) is 36.3. The second-order valence-corrected chi connectivity index (χ2v) is 26.1. The lowest BCUT2D eigenvalue weighted by Gasteiger charge is -2.37. The molecule has 21 heteroatoms. The number of imidazole rings is 2. The molecule has 18 nitrogen and oxygen atoms in total. The fourth-order valence-electron chi connectivity index (χ4n) is 9.45. The maximum atomic E-state index is 16.4. The number of nitro groups is 2. The summed E-state index contributed by atoms with van der Waals surface area (Å²) in [6.45, 7) is -0.184. The molecule has 8 rings (SSSR count). The Morgan fingerprint density at radius 2 is 0.667 bits per heavy atom. The molecule has 0 aliphatic rings. The summed E-state index contributed by atoms with van der Waals surface area (Å²) in [6, 6.07) is 54.2. The van der Waals surface area contributed by atoms with Gasteiger partial charge in [-0.1, -0.05) is 119 Å². The molecule has 6 aromatic carbocycles. The maximum Gasteiger partial charge on any atom is 0.434 e. The van der Waals surface area contributed by atoms with Gasteiger partial charge in [-0.3, -0.25) is 13.7 Å². The number of rotatable bonds is 27. The van der Waals surface area contributed by atoms with E-state index in [9.17, 15) is 30.4 Å². The monoisotopic (exact) mass is 1070 g/mol. The molecular weight excluding hydrogens is 1010 g/mol. The van der Waals surface area contributed by atoms with E-state index in [1.54, 1.807) is 106 Å². The molecule has 75 heavy (non-hydrogen) atoms. The van der Waals surface area contributed by atoms with Crippen LogP contribution in [-0.4, -0.2) is 105 Å². The van der Waals surface area contributed by atoms with Gasteiger partial charge in [-0.05, 0) is 95.5 Å². The maximum absolute atomic E-state index is 16.4. The predicted molar refractivity (Wildman–Crippen MR) is 293 cm³/mol. The van der Waals surface area contributed by atoms with E-state index in [2.05, 4.69) is 9.97 Å². The van der Waals surface area contributed by atoms with Gasteiger partial charge in [-0.25, -0.2) is 23.1 Å². The van der Waals surface area contributed by atoms with Crippen molar-refractivity contribution in [3.05, 3.63) is 227 Å². The van der Waals surface area contributed by atoms with Gasteiger partial charge in [0.2, 0.25) is 21.9 Å². The van der Waals surface area contributed by atoms with Crippen LogP contribution in [0.3, 0.4) is 0 Å². The number of benzene rings is 6. The lowest BCUT2D eigenvalue weighted by Crippen LogP contribution is -2.41. The summed E-state index contributed by atoms with van der Waals surface area (Å²) in [5.41, 5.74) is 0. The molecule has 0 saturated heterocycles. The molecule has 0 bridgehead atoms. The summed E-state index contributed by atoms with van der Waals surface area (Å²) in [5, 5.41) is 50.5. The van der Waals surface area contributed by atoms with Crippen LogP contribution in [0.15, 0.2) is 207 Å². The minimum absolute atomic E-state index is 0.111. The third-order valence-electron chi connectivity index (χ3n) is 12.9. The SMILES string of the molecule is O=[N+]([O-])c1nccn1CC(O)CN(CCCN(CCCN(CC(O)Cn1ccnc1[N+](=O)[O-])P(=O)(c1ccccc1)c1ccccc1)P(=O)(c1ccccc1)c1ccccc1)P(=O)(c1ccccc1)c1ccccc1. The van der Waals surface area contributed by atoms with Crippen LogP contribution in [-0.2, 0) is 26.8 Å². The van der Waals surface area contributed by atoms with E-state index in [1.807, 2.05) is 89.6 Å². The van der Waals surface area contributed by atoms with Crippen LogP contribution in [0.2, 0.25) is 0 Å². The Kier molecular flexibility index (Phi) is 18.1. The van der Waals surface area contributed by atoms with Crippen LogP contribution in [0, 0.1) is 20.2 Å². The van der Waals surface area contributed by atoms with Crippen molar-refractivity contribution in [3.63, 3.8) is 0 Å². The topological polar surface area (TPSA) is 223 Å². The van der Waals surface area contributed by atoms with Gasteiger partial charge in [0.05, 0.1) is 25.3 Å². The van der Waals surface area contributed by atoms with Crippen molar-refractivity contribution < 1.29 is 33.8 Å².